The molecule has 0 bridgehead atoms. The molecule has 1 aromatic heterocycles. The number of benzene rings is 2. The molecule has 0 amide bonds. The maximum absolute atomic E-state index is 13.7. The van der Waals surface area contributed by atoms with Crippen molar-refractivity contribution in [3.8, 4) is 0 Å². The quantitative estimate of drug-likeness (QED) is 0.343. The van der Waals surface area contributed by atoms with Gasteiger partial charge in [0, 0.05) is 40.1 Å². The zero-order chi connectivity index (χ0) is 23.8. The van der Waals surface area contributed by atoms with Crippen LogP contribution in [-0.2, 0) is 13.0 Å². The van der Waals surface area contributed by atoms with Gasteiger partial charge in [-0.25, -0.2) is 0 Å². The van der Waals surface area contributed by atoms with E-state index in [2.05, 4.69) is 90.3 Å². The Labute approximate surface area is 199 Å². The first-order valence-electron chi connectivity index (χ1n) is 11.7. The van der Waals surface area contributed by atoms with Crippen LogP contribution in [0.2, 0.25) is 5.02 Å². The Morgan fingerprint density at radius 1 is 0.938 bits per heavy atom. The normalized spacial score (nSPS) is 12.7. The van der Waals surface area contributed by atoms with E-state index >= 15 is 0 Å². The van der Waals surface area contributed by atoms with Crippen molar-refractivity contribution in [2.75, 3.05) is 0 Å². The van der Waals surface area contributed by atoms with Gasteiger partial charge in [0.1, 0.15) is 0 Å². The first kappa shape index (κ1) is 24.6. The van der Waals surface area contributed by atoms with Gasteiger partial charge in [0.05, 0.1) is 0 Å². The second-order valence-corrected chi connectivity index (χ2v) is 12.3. The summed E-state index contributed by atoms with van der Waals surface area (Å²) in [5, 5.41) is 1.84. The van der Waals surface area contributed by atoms with E-state index in [-0.39, 0.29) is 16.6 Å². The van der Waals surface area contributed by atoms with E-state index in [0.29, 0.717) is 12.3 Å². The molecular weight excluding hydrogens is 414 g/mol. The molecule has 0 saturated heterocycles. The number of rotatable bonds is 6. The van der Waals surface area contributed by atoms with Crippen LogP contribution in [0.3, 0.4) is 0 Å². The number of nitrogens with zero attached hydrogens (tertiary/aromatic N) is 1. The van der Waals surface area contributed by atoms with E-state index in [9.17, 15) is 4.79 Å². The van der Waals surface area contributed by atoms with Crippen LogP contribution >= 0.6 is 11.6 Å². The number of ketones is 1. The van der Waals surface area contributed by atoms with Crippen molar-refractivity contribution in [2.45, 2.75) is 80.7 Å². The SMILES string of the molecule is CC(C)c1ccc2c(c1)c(C(=O)CC(C)(C)C)c(CC(C)(C)C)n2Cc1ccc(Cl)cc1. The lowest BCUT2D eigenvalue weighted by Crippen LogP contribution is -2.19. The Bertz CT molecular complexity index is 1110. The highest BCUT2D eigenvalue weighted by Crippen LogP contribution is 2.36. The Morgan fingerprint density at radius 2 is 1.56 bits per heavy atom. The number of fused-ring (bicyclic) bond motifs is 1. The minimum Gasteiger partial charge on any atom is -0.339 e. The summed E-state index contributed by atoms with van der Waals surface area (Å²) in [7, 11) is 0. The predicted octanol–water partition coefficient (Wildman–Crippen LogP) is 8.67. The zero-order valence-electron chi connectivity index (χ0n) is 21.0. The lowest BCUT2D eigenvalue weighted by molar-refractivity contribution is 0.0940. The molecule has 2 nitrogen and oxygen atoms in total. The van der Waals surface area contributed by atoms with Crippen LogP contribution in [0.5, 0.6) is 0 Å². The van der Waals surface area contributed by atoms with Crippen molar-refractivity contribution in [1.82, 2.24) is 4.57 Å². The van der Waals surface area contributed by atoms with E-state index in [0.717, 1.165) is 40.1 Å². The summed E-state index contributed by atoms with van der Waals surface area (Å²) in [6.45, 7) is 18.3. The fourth-order valence-corrected chi connectivity index (χ4v) is 4.43. The molecule has 0 spiro atoms. The Kier molecular flexibility index (Phi) is 6.96. The van der Waals surface area contributed by atoms with Crippen LogP contribution in [0, 0.1) is 10.8 Å². The van der Waals surface area contributed by atoms with Gasteiger partial charge >= 0.3 is 0 Å². The van der Waals surface area contributed by atoms with E-state index in [4.69, 9.17) is 11.6 Å². The molecular formula is C29H38ClNO. The van der Waals surface area contributed by atoms with Crippen LogP contribution in [-0.4, -0.2) is 10.4 Å². The second kappa shape index (κ2) is 9.06. The number of aromatic nitrogens is 1. The molecule has 1 heterocycles. The van der Waals surface area contributed by atoms with E-state index < -0.39 is 0 Å². The highest BCUT2D eigenvalue weighted by Gasteiger charge is 2.28. The molecule has 32 heavy (non-hydrogen) atoms. The third-order valence-electron chi connectivity index (χ3n) is 5.78. The number of halogens is 1. The maximum Gasteiger partial charge on any atom is 0.165 e. The van der Waals surface area contributed by atoms with Gasteiger partial charge in [-0.1, -0.05) is 85.2 Å². The molecule has 0 aliphatic carbocycles. The van der Waals surface area contributed by atoms with Crippen molar-refractivity contribution < 1.29 is 4.79 Å². The Balaban J connectivity index is 2.29. The topological polar surface area (TPSA) is 22.0 Å². The molecule has 0 aliphatic heterocycles. The third-order valence-corrected chi connectivity index (χ3v) is 6.04. The van der Waals surface area contributed by atoms with Crippen molar-refractivity contribution >= 4 is 28.3 Å². The van der Waals surface area contributed by atoms with Crippen molar-refractivity contribution in [1.29, 1.82) is 0 Å². The predicted molar refractivity (Wildman–Crippen MR) is 138 cm³/mol. The van der Waals surface area contributed by atoms with E-state index in [1.54, 1.807) is 0 Å². The Morgan fingerprint density at radius 3 is 2.09 bits per heavy atom. The average molecular weight is 452 g/mol. The third kappa shape index (κ3) is 5.84. The van der Waals surface area contributed by atoms with Crippen molar-refractivity contribution in [3.05, 3.63) is 69.9 Å². The van der Waals surface area contributed by atoms with Gasteiger partial charge < -0.3 is 4.57 Å². The number of hydrogen-bond acceptors (Lipinski definition) is 1. The maximum atomic E-state index is 13.7. The first-order chi connectivity index (χ1) is 14.7. The monoisotopic (exact) mass is 451 g/mol. The van der Waals surface area contributed by atoms with Gasteiger partial charge in [-0.05, 0) is 58.6 Å². The van der Waals surface area contributed by atoms with Crippen molar-refractivity contribution in [3.63, 3.8) is 0 Å². The summed E-state index contributed by atoms with van der Waals surface area (Å²) in [5.41, 5.74) is 5.66. The molecule has 0 atom stereocenters. The van der Waals surface area contributed by atoms with Gasteiger partial charge in [-0.2, -0.15) is 0 Å². The smallest absolute Gasteiger partial charge is 0.165 e. The summed E-state index contributed by atoms with van der Waals surface area (Å²) in [5.74, 6) is 0.660. The molecule has 0 aliphatic rings. The zero-order valence-corrected chi connectivity index (χ0v) is 21.7. The fraction of sp³-hybridized carbons (Fsp3) is 0.483. The van der Waals surface area contributed by atoms with E-state index in [1.807, 2.05) is 12.1 Å². The second-order valence-electron chi connectivity index (χ2n) is 11.9. The molecule has 3 aromatic rings. The fourth-order valence-electron chi connectivity index (χ4n) is 4.30. The summed E-state index contributed by atoms with van der Waals surface area (Å²) in [6.07, 6.45) is 1.38. The lowest BCUT2D eigenvalue weighted by atomic mass is 9.84. The molecule has 0 unspecified atom stereocenters. The highest BCUT2D eigenvalue weighted by atomic mass is 35.5. The highest BCUT2D eigenvalue weighted by molar-refractivity contribution is 6.30. The average Bonchev–Trinajstić information content (AvgIpc) is 2.93. The Hall–Kier alpha value is -2.06. The van der Waals surface area contributed by atoms with Crippen LogP contribution in [0.1, 0.15) is 94.9 Å². The molecule has 172 valence electrons. The van der Waals surface area contributed by atoms with Crippen LogP contribution < -0.4 is 0 Å². The molecule has 0 saturated carbocycles. The molecule has 0 fully saturated rings. The summed E-state index contributed by atoms with van der Waals surface area (Å²) in [4.78, 5) is 13.7. The van der Waals surface area contributed by atoms with E-state index in [1.165, 1.54) is 11.1 Å². The van der Waals surface area contributed by atoms with Gasteiger partial charge in [-0.3, -0.25) is 4.79 Å². The van der Waals surface area contributed by atoms with Gasteiger partial charge in [0.25, 0.3) is 0 Å². The molecule has 2 aromatic carbocycles. The summed E-state index contributed by atoms with van der Waals surface area (Å²) in [6, 6.07) is 14.7. The minimum absolute atomic E-state index is 0.0592. The first-order valence-corrected chi connectivity index (χ1v) is 12.1. The summed E-state index contributed by atoms with van der Waals surface area (Å²) < 4.78 is 2.36. The number of carbonyl (C=O) groups excluding carboxylic acids is 1. The number of carbonyl (C=O) groups is 1. The minimum atomic E-state index is -0.0592. The molecule has 3 rings (SSSR count). The summed E-state index contributed by atoms with van der Waals surface area (Å²) >= 11 is 6.13. The lowest BCUT2D eigenvalue weighted by Gasteiger charge is -2.23. The van der Waals surface area contributed by atoms with Gasteiger partial charge in [0.2, 0.25) is 0 Å². The standard InChI is InChI=1S/C29H38ClNO/c1-19(2)21-11-14-24-23(15-21)27(26(32)17-29(6,7)8)25(16-28(3,4)5)31(24)18-20-9-12-22(30)13-10-20/h9-15,19H,16-18H2,1-8H3. The van der Waals surface area contributed by atoms with Crippen LogP contribution in [0.4, 0.5) is 0 Å². The van der Waals surface area contributed by atoms with Crippen molar-refractivity contribution in [2.24, 2.45) is 10.8 Å². The van der Waals surface area contributed by atoms with Gasteiger partial charge in [-0.15, -0.1) is 0 Å². The molecule has 0 N–H and O–H groups in total. The number of hydrogen-bond donors (Lipinski definition) is 0. The molecule has 3 heteroatoms. The largest absolute Gasteiger partial charge is 0.339 e. The van der Waals surface area contributed by atoms with Crippen LogP contribution in [0.25, 0.3) is 10.9 Å². The number of Topliss-reactive ketones (excluding diaryl/α,β-unsaturated/α-hetero) is 1. The molecule has 0 radical (unpaired) electrons. The van der Waals surface area contributed by atoms with Crippen LogP contribution in [0.15, 0.2) is 42.5 Å². The van der Waals surface area contributed by atoms with Gasteiger partial charge in [0.15, 0.2) is 5.78 Å².